The molecule has 2 aliphatic carbocycles. The maximum absolute atomic E-state index is 13.0. The number of hydrogen-bond acceptors (Lipinski definition) is 5. The highest BCUT2D eigenvalue weighted by atomic mass is 16.5. The number of nitrogens with one attached hydrogen (secondary N) is 1. The SMILES string of the molecule is CCC1(CCc2cc(O)c(CC3(c4cccc(NC(=O)OCc5ccccc5)c4)CC3)c(=O)o2)C=CC=CC1. The number of ether oxygens (including phenoxy) is 1. The van der Waals surface area contributed by atoms with Gasteiger partial charge in [-0.2, -0.15) is 0 Å². The minimum absolute atomic E-state index is 0.00377. The first-order chi connectivity index (χ1) is 18.9. The summed E-state index contributed by atoms with van der Waals surface area (Å²) in [6, 6.07) is 18.7. The molecule has 1 amide bonds. The molecule has 0 radical (unpaired) electrons. The van der Waals surface area contributed by atoms with Crippen LogP contribution in [0.2, 0.25) is 0 Å². The molecule has 0 spiro atoms. The molecule has 0 bridgehead atoms. The van der Waals surface area contributed by atoms with Crippen molar-refractivity contribution in [2.45, 2.75) is 63.9 Å². The zero-order chi connectivity index (χ0) is 27.3. The van der Waals surface area contributed by atoms with E-state index in [1.165, 1.54) is 0 Å². The van der Waals surface area contributed by atoms with Gasteiger partial charge in [-0.3, -0.25) is 5.32 Å². The lowest BCUT2D eigenvalue weighted by atomic mass is 9.75. The zero-order valence-corrected chi connectivity index (χ0v) is 22.3. The summed E-state index contributed by atoms with van der Waals surface area (Å²) in [7, 11) is 0. The van der Waals surface area contributed by atoms with Crippen LogP contribution in [0.15, 0.2) is 94.2 Å². The van der Waals surface area contributed by atoms with Gasteiger partial charge >= 0.3 is 11.7 Å². The third-order valence-corrected chi connectivity index (χ3v) is 8.17. The van der Waals surface area contributed by atoms with Gasteiger partial charge in [0.15, 0.2) is 0 Å². The van der Waals surface area contributed by atoms with Crippen molar-refractivity contribution in [1.82, 2.24) is 0 Å². The lowest BCUT2D eigenvalue weighted by Crippen LogP contribution is -2.20. The van der Waals surface area contributed by atoms with Crippen molar-refractivity contribution < 1.29 is 19.1 Å². The normalized spacial score (nSPS) is 19.0. The first-order valence-electron chi connectivity index (χ1n) is 13.7. The number of aromatic hydroxyl groups is 1. The Balaban J connectivity index is 1.24. The topological polar surface area (TPSA) is 88.8 Å². The average Bonchev–Trinajstić information content (AvgIpc) is 3.75. The van der Waals surface area contributed by atoms with Gasteiger partial charge in [0.25, 0.3) is 0 Å². The first-order valence-corrected chi connectivity index (χ1v) is 13.7. The maximum atomic E-state index is 13.0. The number of hydrogen-bond donors (Lipinski definition) is 2. The maximum Gasteiger partial charge on any atom is 0.411 e. The molecule has 5 rings (SSSR count). The molecule has 1 aromatic heterocycles. The van der Waals surface area contributed by atoms with E-state index in [0.717, 1.165) is 43.2 Å². The molecule has 2 N–H and O–H groups in total. The van der Waals surface area contributed by atoms with Crippen molar-refractivity contribution in [3.8, 4) is 5.75 Å². The number of aryl methyl sites for hydroxylation is 1. The van der Waals surface area contributed by atoms with Gasteiger partial charge in [-0.25, -0.2) is 9.59 Å². The van der Waals surface area contributed by atoms with E-state index in [4.69, 9.17) is 9.15 Å². The lowest BCUT2D eigenvalue weighted by molar-refractivity contribution is 0.155. The lowest BCUT2D eigenvalue weighted by Gasteiger charge is -2.29. The summed E-state index contributed by atoms with van der Waals surface area (Å²) in [5.41, 5.74) is 2.17. The highest BCUT2D eigenvalue weighted by molar-refractivity contribution is 5.84. The molecule has 39 heavy (non-hydrogen) atoms. The van der Waals surface area contributed by atoms with Crippen LogP contribution in [0.4, 0.5) is 10.5 Å². The second kappa shape index (κ2) is 11.4. The van der Waals surface area contributed by atoms with Crippen LogP contribution in [0.5, 0.6) is 5.75 Å². The molecule has 1 heterocycles. The summed E-state index contributed by atoms with van der Waals surface area (Å²) < 4.78 is 11.0. The molecule has 1 atom stereocenters. The number of allylic oxidation sites excluding steroid dienone is 4. The summed E-state index contributed by atoms with van der Waals surface area (Å²) in [6.07, 6.45) is 13.6. The molecule has 2 aliphatic rings. The third kappa shape index (κ3) is 6.33. The molecular weight excluding hydrogens is 490 g/mol. The summed E-state index contributed by atoms with van der Waals surface area (Å²) in [6.45, 7) is 2.36. The van der Waals surface area contributed by atoms with Crippen molar-refractivity contribution in [2.75, 3.05) is 5.32 Å². The predicted octanol–water partition coefficient (Wildman–Crippen LogP) is 7.21. The average molecular weight is 526 g/mol. The van der Waals surface area contributed by atoms with Gasteiger partial charge in [-0.1, -0.05) is 73.7 Å². The summed E-state index contributed by atoms with van der Waals surface area (Å²) >= 11 is 0. The minimum atomic E-state index is -0.528. The summed E-state index contributed by atoms with van der Waals surface area (Å²) in [4.78, 5) is 25.3. The molecule has 6 heteroatoms. The Bertz CT molecular complexity index is 1430. The zero-order valence-electron chi connectivity index (χ0n) is 22.3. The van der Waals surface area contributed by atoms with Gasteiger partial charge < -0.3 is 14.3 Å². The Hall–Kier alpha value is -4.06. The van der Waals surface area contributed by atoms with Gasteiger partial charge in [0, 0.05) is 18.2 Å². The van der Waals surface area contributed by atoms with E-state index in [9.17, 15) is 14.7 Å². The smallest absolute Gasteiger partial charge is 0.411 e. The first kappa shape index (κ1) is 26.5. The van der Waals surface area contributed by atoms with Gasteiger partial charge in [-0.15, -0.1) is 0 Å². The largest absolute Gasteiger partial charge is 0.507 e. The molecule has 1 unspecified atom stereocenters. The van der Waals surface area contributed by atoms with Crippen LogP contribution < -0.4 is 10.9 Å². The van der Waals surface area contributed by atoms with Crippen molar-refractivity contribution in [3.63, 3.8) is 0 Å². The molecular formula is C33H35NO5. The molecule has 1 saturated carbocycles. The Morgan fingerprint density at radius 1 is 1.08 bits per heavy atom. The predicted molar refractivity (Wildman–Crippen MR) is 152 cm³/mol. The van der Waals surface area contributed by atoms with Crippen molar-refractivity contribution in [1.29, 1.82) is 0 Å². The van der Waals surface area contributed by atoms with E-state index in [-0.39, 0.29) is 23.2 Å². The van der Waals surface area contributed by atoms with E-state index >= 15 is 0 Å². The molecule has 0 aliphatic heterocycles. The van der Waals surface area contributed by atoms with Crippen molar-refractivity contribution in [3.05, 3.63) is 118 Å². The van der Waals surface area contributed by atoms with Crippen molar-refractivity contribution >= 4 is 11.8 Å². The van der Waals surface area contributed by atoms with Crippen LogP contribution in [-0.2, 0) is 29.6 Å². The van der Waals surface area contributed by atoms with Gasteiger partial charge in [0.2, 0.25) is 0 Å². The van der Waals surface area contributed by atoms with E-state index in [1.54, 1.807) is 6.07 Å². The Morgan fingerprint density at radius 3 is 2.59 bits per heavy atom. The van der Waals surface area contributed by atoms with E-state index in [0.29, 0.717) is 29.9 Å². The molecule has 2 aromatic carbocycles. The second-order valence-electron chi connectivity index (χ2n) is 10.8. The number of anilines is 1. The standard InChI is InChI=1S/C33H35NO5/c1-2-32(15-7-4-8-16-32)17-14-27-21-29(35)28(30(36)39-27)22-33(18-19-33)25-12-9-13-26(20-25)34-31(37)38-23-24-10-5-3-6-11-24/h3-13,15,20-21,35H,2,14,16-19,22-23H2,1H3,(H,34,37). The molecule has 1 fully saturated rings. The van der Waals surface area contributed by atoms with Crippen LogP contribution in [-0.4, -0.2) is 11.2 Å². The van der Waals surface area contributed by atoms with E-state index < -0.39 is 11.7 Å². The highest BCUT2D eigenvalue weighted by Crippen LogP contribution is 2.51. The van der Waals surface area contributed by atoms with Crippen LogP contribution in [0.3, 0.4) is 0 Å². The quantitative estimate of drug-likeness (QED) is 0.292. The Morgan fingerprint density at radius 2 is 1.90 bits per heavy atom. The Kier molecular flexibility index (Phi) is 7.73. The molecule has 6 nitrogen and oxygen atoms in total. The minimum Gasteiger partial charge on any atom is -0.507 e. The van der Waals surface area contributed by atoms with Crippen molar-refractivity contribution in [2.24, 2.45) is 5.41 Å². The molecule has 0 saturated heterocycles. The number of carbonyl (C=O) groups excluding carboxylic acids is 1. The monoisotopic (exact) mass is 525 g/mol. The number of carbonyl (C=O) groups is 1. The second-order valence-corrected chi connectivity index (χ2v) is 10.8. The summed E-state index contributed by atoms with van der Waals surface area (Å²) in [5, 5.41) is 13.6. The highest BCUT2D eigenvalue weighted by Gasteiger charge is 2.45. The number of amides is 1. The van der Waals surface area contributed by atoms with Crippen LogP contribution >= 0.6 is 0 Å². The van der Waals surface area contributed by atoms with E-state index in [2.05, 4.69) is 36.5 Å². The molecule has 3 aromatic rings. The number of rotatable bonds is 10. The summed E-state index contributed by atoms with van der Waals surface area (Å²) in [5.74, 6) is 0.512. The van der Waals surface area contributed by atoms with Gasteiger partial charge in [-0.05, 0) is 72.6 Å². The Labute approximate surface area is 229 Å². The molecule has 202 valence electrons. The fourth-order valence-electron chi connectivity index (χ4n) is 5.41. The van der Waals surface area contributed by atoms with Crippen LogP contribution in [0.1, 0.15) is 61.5 Å². The fraction of sp³-hybridized carbons (Fsp3) is 0.333. The van der Waals surface area contributed by atoms with Crippen LogP contribution in [0, 0.1) is 5.41 Å². The van der Waals surface area contributed by atoms with Gasteiger partial charge in [0.1, 0.15) is 18.1 Å². The van der Waals surface area contributed by atoms with Gasteiger partial charge in [0.05, 0.1) is 5.56 Å². The number of benzene rings is 2. The van der Waals surface area contributed by atoms with Crippen LogP contribution in [0.25, 0.3) is 0 Å². The van der Waals surface area contributed by atoms with E-state index in [1.807, 2.05) is 54.6 Å². The fourth-order valence-corrected chi connectivity index (χ4v) is 5.41. The third-order valence-electron chi connectivity index (χ3n) is 8.17.